The van der Waals surface area contributed by atoms with Gasteiger partial charge in [0, 0.05) is 26.2 Å². The van der Waals surface area contributed by atoms with Gasteiger partial charge >= 0.3 is 0 Å². The second kappa shape index (κ2) is 4.42. The van der Waals surface area contributed by atoms with Crippen molar-refractivity contribution in [3.63, 3.8) is 0 Å². The van der Waals surface area contributed by atoms with Crippen LogP contribution in [0.15, 0.2) is 12.1 Å². The first kappa shape index (κ1) is 9.48. The Morgan fingerprint density at radius 3 is 2.67 bits per heavy atom. The molecule has 2 heterocycles. The summed E-state index contributed by atoms with van der Waals surface area (Å²) >= 11 is 0. The lowest BCUT2D eigenvalue weighted by molar-refractivity contribution is 0.0458. The van der Waals surface area contributed by atoms with Crippen LogP contribution >= 0.6 is 12.4 Å². The van der Waals surface area contributed by atoms with Crippen LogP contribution < -0.4 is 5.32 Å². The van der Waals surface area contributed by atoms with E-state index >= 15 is 0 Å². The molecule has 2 rings (SSSR count). The Bertz CT molecular complexity index is 169. The van der Waals surface area contributed by atoms with Gasteiger partial charge in [-0.25, -0.2) is 0 Å². The van der Waals surface area contributed by atoms with Crippen LogP contribution in [-0.4, -0.2) is 37.9 Å². The maximum Gasteiger partial charge on any atom is 0.232 e. The van der Waals surface area contributed by atoms with E-state index in [1.165, 1.54) is 0 Å². The fourth-order valence-corrected chi connectivity index (χ4v) is 1.28. The van der Waals surface area contributed by atoms with Crippen LogP contribution in [0, 0.1) is 0 Å². The molecule has 0 aromatic carbocycles. The van der Waals surface area contributed by atoms with Gasteiger partial charge in [-0.1, -0.05) is 0 Å². The zero-order valence-corrected chi connectivity index (χ0v) is 7.60. The summed E-state index contributed by atoms with van der Waals surface area (Å²) in [5.41, 5.74) is 0. The summed E-state index contributed by atoms with van der Waals surface area (Å²) in [7, 11) is 0. The standard InChI is InChI=1S/C7H12N2O2.ClH/c1-3-9(4-2-8-1)7-5-10-6-11-7;/h5,8H,1-4,6H2;1H. The first-order valence-corrected chi connectivity index (χ1v) is 3.87. The molecule has 0 atom stereocenters. The summed E-state index contributed by atoms with van der Waals surface area (Å²) in [6, 6.07) is 0. The number of hydrogen-bond donors (Lipinski definition) is 1. The molecule has 0 aromatic heterocycles. The van der Waals surface area contributed by atoms with E-state index in [1.807, 2.05) is 0 Å². The van der Waals surface area contributed by atoms with Crippen molar-refractivity contribution in [3.05, 3.63) is 12.1 Å². The molecule has 0 radical (unpaired) electrons. The van der Waals surface area contributed by atoms with E-state index in [0.29, 0.717) is 6.79 Å². The fourth-order valence-electron chi connectivity index (χ4n) is 1.28. The zero-order chi connectivity index (χ0) is 7.52. The van der Waals surface area contributed by atoms with Crippen LogP contribution in [0.1, 0.15) is 0 Å². The van der Waals surface area contributed by atoms with Crippen LogP contribution in [0.4, 0.5) is 0 Å². The minimum atomic E-state index is 0. The average molecular weight is 193 g/mol. The minimum Gasteiger partial charge on any atom is -0.459 e. The topological polar surface area (TPSA) is 33.7 Å². The molecule has 1 N–H and O–H groups in total. The second-order valence-corrected chi connectivity index (χ2v) is 2.62. The second-order valence-electron chi connectivity index (χ2n) is 2.62. The maximum atomic E-state index is 5.23. The number of rotatable bonds is 1. The monoisotopic (exact) mass is 192 g/mol. The van der Waals surface area contributed by atoms with Crippen molar-refractivity contribution in [2.75, 3.05) is 33.0 Å². The van der Waals surface area contributed by atoms with Gasteiger partial charge in [0.1, 0.15) is 6.26 Å². The highest BCUT2D eigenvalue weighted by Gasteiger charge is 2.17. The van der Waals surface area contributed by atoms with Gasteiger partial charge in [-0.15, -0.1) is 12.4 Å². The molecular formula is C7H13ClN2O2. The first-order valence-electron chi connectivity index (χ1n) is 3.87. The normalized spacial score (nSPS) is 22.0. The van der Waals surface area contributed by atoms with E-state index < -0.39 is 0 Å². The molecule has 0 aliphatic carbocycles. The third kappa shape index (κ3) is 1.95. The summed E-state index contributed by atoms with van der Waals surface area (Å²) in [5, 5.41) is 3.27. The molecule has 12 heavy (non-hydrogen) atoms. The largest absolute Gasteiger partial charge is 0.459 e. The number of hydrogen-bond acceptors (Lipinski definition) is 4. The predicted octanol–water partition coefficient (Wildman–Crippen LogP) is 0.117. The third-order valence-electron chi connectivity index (χ3n) is 1.89. The van der Waals surface area contributed by atoms with E-state index in [1.54, 1.807) is 6.26 Å². The van der Waals surface area contributed by atoms with Gasteiger partial charge in [0.05, 0.1) is 0 Å². The molecule has 0 spiro atoms. The van der Waals surface area contributed by atoms with Gasteiger partial charge < -0.3 is 19.7 Å². The van der Waals surface area contributed by atoms with Gasteiger partial charge in [-0.2, -0.15) is 0 Å². The highest BCUT2D eigenvalue weighted by Crippen LogP contribution is 2.12. The third-order valence-corrected chi connectivity index (χ3v) is 1.89. The van der Waals surface area contributed by atoms with E-state index in [2.05, 4.69) is 10.2 Å². The number of nitrogens with zero attached hydrogens (tertiary/aromatic N) is 1. The van der Waals surface area contributed by atoms with Gasteiger partial charge in [-0.3, -0.25) is 0 Å². The molecule has 1 fully saturated rings. The molecule has 0 saturated carbocycles. The summed E-state index contributed by atoms with van der Waals surface area (Å²) in [4.78, 5) is 2.18. The van der Waals surface area contributed by atoms with E-state index in [-0.39, 0.29) is 12.4 Å². The lowest BCUT2D eigenvalue weighted by Crippen LogP contribution is -2.42. The average Bonchev–Trinajstić information content (AvgIpc) is 2.58. The van der Waals surface area contributed by atoms with Crippen molar-refractivity contribution in [2.45, 2.75) is 0 Å². The summed E-state index contributed by atoms with van der Waals surface area (Å²) in [5.74, 6) is 0.881. The molecule has 2 aliphatic rings. The van der Waals surface area contributed by atoms with Crippen LogP contribution in [0.2, 0.25) is 0 Å². The molecule has 0 aromatic rings. The lowest BCUT2D eigenvalue weighted by atomic mass is 10.4. The molecule has 5 heteroatoms. The predicted molar refractivity (Wildman–Crippen MR) is 46.8 cm³/mol. The van der Waals surface area contributed by atoms with Crippen molar-refractivity contribution in [1.82, 2.24) is 10.2 Å². The van der Waals surface area contributed by atoms with Crippen molar-refractivity contribution < 1.29 is 9.47 Å². The first-order chi connectivity index (χ1) is 5.47. The molecule has 0 unspecified atom stereocenters. The van der Waals surface area contributed by atoms with Crippen LogP contribution in [0.5, 0.6) is 0 Å². The van der Waals surface area contributed by atoms with E-state index in [4.69, 9.17) is 9.47 Å². The Labute approximate surface area is 77.9 Å². The molecule has 0 amide bonds. The van der Waals surface area contributed by atoms with Crippen LogP contribution in [0.25, 0.3) is 0 Å². The Morgan fingerprint density at radius 1 is 1.33 bits per heavy atom. The van der Waals surface area contributed by atoms with Crippen molar-refractivity contribution in [3.8, 4) is 0 Å². The Hall–Kier alpha value is -0.610. The van der Waals surface area contributed by atoms with Gasteiger partial charge in [0.25, 0.3) is 0 Å². The number of piperazine rings is 1. The van der Waals surface area contributed by atoms with Gasteiger partial charge in [-0.05, 0) is 0 Å². The molecule has 70 valence electrons. The van der Waals surface area contributed by atoms with E-state index in [9.17, 15) is 0 Å². The van der Waals surface area contributed by atoms with Crippen LogP contribution in [-0.2, 0) is 9.47 Å². The van der Waals surface area contributed by atoms with Crippen molar-refractivity contribution >= 4 is 12.4 Å². The molecule has 0 bridgehead atoms. The summed E-state index contributed by atoms with van der Waals surface area (Å²) in [6.07, 6.45) is 1.69. The van der Waals surface area contributed by atoms with Gasteiger partial charge in [0.15, 0.2) is 0 Å². The number of ether oxygens (including phenoxy) is 2. The smallest absolute Gasteiger partial charge is 0.232 e. The van der Waals surface area contributed by atoms with Crippen LogP contribution in [0.3, 0.4) is 0 Å². The highest BCUT2D eigenvalue weighted by atomic mass is 35.5. The quantitative estimate of drug-likeness (QED) is 0.640. The Balaban J connectivity index is 0.000000720. The molecule has 2 aliphatic heterocycles. The van der Waals surface area contributed by atoms with E-state index in [0.717, 1.165) is 32.1 Å². The number of halogens is 1. The highest BCUT2D eigenvalue weighted by molar-refractivity contribution is 5.85. The fraction of sp³-hybridized carbons (Fsp3) is 0.714. The summed E-state index contributed by atoms with van der Waals surface area (Å²) in [6.45, 7) is 4.45. The summed E-state index contributed by atoms with van der Waals surface area (Å²) < 4.78 is 10.2. The maximum absolute atomic E-state index is 5.23. The number of nitrogens with one attached hydrogen (secondary N) is 1. The molecule has 1 saturated heterocycles. The Morgan fingerprint density at radius 2 is 2.08 bits per heavy atom. The Kier molecular flexibility index (Phi) is 3.49. The van der Waals surface area contributed by atoms with Crippen molar-refractivity contribution in [1.29, 1.82) is 0 Å². The lowest BCUT2D eigenvalue weighted by Gasteiger charge is -2.27. The zero-order valence-electron chi connectivity index (χ0n) is 6.78. The SMILES string of the molecule is C1=C(N2CCNCC2)OCO1.Cl. The van der Waals surface area contributed by atoms with Crippen molar-refractivity contribution in [2.24, 2.45) is 0 Å². The molecule has 4 nitrogen and oxygen atoms in total. The van der Waals surface area contributed by atoms with Gasteiger partial charge in [0.2, 0.25) is 12.7 Å². The minimum absolute atomic E-state index is 0. The molecular weight excluding hydrogens is 180 g/mol.